The molecule has 2 amide bonds. The maximum atomic E-state index is 12.1. The van der Waals surface area contributed by atoms with Crippen LogP contribution in [0.4, 0.5) is 0 Å². The van der Waals surface area contributed by atoms with E-state index in [9.17, 15) is 9.59 Å². The fourth-order valence-electron chi connectivity index (χ4n) is 2.46. The summed E-state index contributed by atoms with van der Waals surface area (Å²) in [5, 5.41) is 3.25. The SMILES string of the molecule is CC(C)N1C(=O)CC(N2CCNCC2)C1=O. The molecular formula is C11H19N3O2. The van der Waals surface area contributed by atoms with Crippen LogP contribution in [0.5, 0.6) is 0 Å². The second-order valence-electron chi connectivity index (χ2n) is 4.70. The molecule has 2 heterocycles. The molecule has 1 atom stereocenters. The van der Waals surface area contributed by atoms with Crippen LogP contribution in [-0.4, -0.2) is 59.9 Å². The average Bonchev–Trinajstić information content (AvgIpc) is 2.55. The van der Waals surface area contributed by atoms with Crippen molar-refractivity contribution in [2.45, 2.75) is 32.4 Å². The standard InChI is InChI=1S/C11H19N3O2/c1-8(2)14-10(15)7-9(11(14)16)13-5-3-12-4-6-13/h8-9,12H,3-7H2,1-2H3. The monoisotopic (exact) mass is 225 g/mol. The number of rotatable bonds is 2. The first-order valence-electron chi connectivity index (χ1n) is 5.92. The summed E-state index contributed by atoms with van der Waals surface area (Å²) >= 11 is 0. The Labute approximate surface area is 95.8 Å². The Bertz CT molecular complexity index is 298. The number of carbonyl (C=O) groups is 2. The van der Waals surface area contributed by atoms with Crippen molar-refractivity contribution in [2.24, 2.45) is 0 Å². The molecule has 0 aromatic rings. The number of carbonyl (C=O) groups excluding carboxylic acids is 2. The highest BCUT2D eigenvalue weighted by atomic mass is 16.2. The molecule has 0 radical (unpaired) electrons. The third kappa shape index (κ3) is 1.97. The number of amides is 2. The van der Waals surface area contributed by atoms with Crippen LogP contribution in [0.15, 0.2) is 0 Å². The lowest BCUT2D eigenvalue weighted by atomic mass is 10.2. The lowest BCUT2D eigenvalue weighted by molar-refractivity contribution is -0.141. The predicted octanol–water partition coefficient (Wildman–Crippen LogP) is -0.572. The summed E-state index contributed by atoms with van der Waals surface area (Å²) in [4.78, 5) is 27.4. The van der Waals surface area contributed by atoms with Crippen molar-refractivity contribution in [2.75, 3.05) is 26.2 Å². The summed E-state index contributed by atoms with van der Waals surface area (Å²) in [6.45, 7) is 7.29. The van der Waals surface area contributed by atoms with Crippen LogP contribution in [0.1, 0.15) is 20.3 Å². The Kier molecular flexibility index (Phi) is 3.25. The average molecular weight is 225 g/mol. The number of nitrogens with zero attached hydrogens (tertiary/aromatic N) is 2. The van der Waals surface area contributed by atoms with Gasteiger partial charge in [0.25, 0.3) is 0 Å². The topological polar surface area (TPSA) is 52.7 Å². The Balaban J connectivity index is 2.07. The van der Waals surface area contributed by atoms with Crippen LogP contribution >= 0.6 is 0 Å². The number of likely N-dealkylation sites (tertiary alicyclic amines) is 1. The van der Waals surface area contributed by atoms with E-state index in [1.165, 1.54) is 4.90 Å². The van der Waals surface area contributed by atoms with Crippen LogP contribution in [0, 0.1) is 0 Å². The molecule has 2 aliphatic heterocycles. The molecule has 2 fully saturated rings. The van der Waals surface area contributed by atoms with Gasteiger partial charge in [0.05, 0.1) is 12.5 Å². The minimum atomic E-state index is -0.211. The van der Waals surface area contributed by atoms with Crippen molar-refractivity contribution in [1.29, 1.82) is 0 Å². The molecule has 0 aromatic carbocycles. The van der Waals surface area contributed by atoms with E-state index >= 15 is 0 Å². The molecule has 0 aromatic heterocycles. The van der Waals surface area contributed by atoms with Crippen LogP contribution in [0.3, 0.4) is 0 Å². The summed E-state index contributed by atoms with van der Waals surface area (Å²) in [6.07, 6.45) is 0.358. The second-order valence-corrected chi connectivity index (χ2v) is 4.70. The van der Waals surface area contributed by atoms with Gasteiger partial charge in [-0.05, 0) is 13.8 Å². The lowest BCUT2D eigenvalue weighted by Crippen LogP contribution is -2.51. The van der Waals surface area contributed by atoms with Crippen LogP contribution in [0.2, 0.25) is 0 Å². The van der Waals surface area contributed by atoms with E-state index in [0.29, 0.717) is 6.42 Å². The van der Waals surface area contributed by atoms with Gasteiger partial charge in [-0.1, -0.05) is 0 Å². The lowest BCUT2D eigenvalue weighted by Gasteiger charge is -2.31. The van der Waals surface area contributed by atoms with E-state index in [1.54, 1.807) is 0 Å². The zero-order valence-corrected chi connectivity index (χ0v) is 9.90. The van der Waals surface area contributed by atoms with Gasteiger partial charge in [0, 0.05) is 32.2 Å². The molecule has 5 heteroatoms. The smallest absolute Gasteiger partial charge is 0.247 e. The van der Waals surface area contributed by atoms with Crippen molar-refractivity contribution in [3.8, 4) is 0 Å². The van der Waals surface area contributed by atoms with E-state index in [2.05, 4.69) is 10.2 Å². The second kappa shape index (κ2) is 4.51. The van der Waals surface area contributed by atoms with Gasteiger partial charge in [-0.3, -0.25) is 19.4 Å². The van der Waals surface area contributed by atoms with Crippen molar-refractivity contribution >= 4 is 11.8 Å². The maximum absolute atomic E-state index is 12.1. The molecular weight excluding hydrogens is 206 g/mol. The van der Waals surface area contributed by atoms with Crippen molar-refractivity contribution < 1.29 is 9.59 Å². The molecule has 1 unspecified atom stereocenters. The van der Waals surface area contributed by atoms with E-state index in [0.717, 1.165) is 26.2 Å². The third-order valence-corrected chi connectivity index (χ3v) is 3.27. The highest BCUT2D eigenvalue weighted by Crippen LogP contribution is 2.21. The number of imide groups is 1. The van der Waals surface area contributed by atoms with Crippen LogP contribution in [-0.2, 0) is 9.59 Å². The summed E-state index contributed by atoms with van der Waals surface area (Å²) < 4.78 is 0. The van der Waals surface area contributed by atoms with E-state index in [4.69, 9.17) is 0 Å². The van der Waals surface area contributed by atoms with Crippen molar-refractivity contribution in [3.63, 3.8) is 0 Å². The Morgan fingerprint density at radius 3 is 2.38 bits per heavy atom. The van der Waals surface area contributed by atoms with Crippen molar-refractivity contribution in [3.05, 3.63) is 0 Å². The number of piperazine rings is 1. The molecule has 2 aliphatic rings. The van der Waals surface area contributed by atoms with Gasteiger partial charge >= 0.3 is 0 Å². The van der Waals surface area contributed by atoms with E-state index < -0.39 is 0 Å². The van der Waals surface area contributed by atoms with Gasteiger partial charge in [0.2, 0.25) is 11.8 Å². The molecule has 0 spiro atoms. The zero-order chi connectivity index (χ0) is 11.7. The Morgan fingerprint density at radius 2 is 1.88 bits per heavy atom. The zero-order valence-electron chi connectivity index (χ0n) is 9.90. The minimum absolute atomic E-state index is 0.0121. The van der Waals surface area contributed by atoms with Crippen LogP contribution in [0.25, 0.3) is 0 Å². The maximum Gasteiger partial charge on any atom is 0.247 e. The van der Waals surface area contributed by atoms with E-state index in [1.807, 2.05) is 13.8 Å². The van der Waals surface area contributed by atoms with Crippen LogP contribution < -0.4 is 5.32 Å². The number of hydrogen-bond acceptors (Lipinski definition) is 4. The molecule has 0 aliphatic carbocycles. The summed E-state index contributed by atoms with van der Waals surface area (Å²) in [5.41, 5.74) is 0. The first-order valence-corrected chi connectivity index (χ1v) is 5.92. The number of nitrogens with one attached hydrogen (secondary N) is 1. The molecule has 90 valence electrons. The molecule has 16 heavy (non-hydrogen) atoms. The fourth-order valence-corrected chi connectivity index (χ4v) is 2.46. The Morgan fingerprint density at radius 1 is 1.25 bits per heavy atom. The molecule has 2 saturated heterocycles. The highest BCUT2D eigenvalue weighted by Gasteiger charge is 2.42. The number of hydrogen-bond donors (Lipinski definition) is 1. The minimum Gasteiger partial charge on any atom is -0.314 e. The molecule has 5 nitrogen and oxygen atoms in total. The Hall–Kier alpha value is -0.940. The van der Waals surface area contributed by atoms with Gasteiger partial charge in [-0.15, -0.1) is 0 Å². The molecule has 2 rings (SSSR count). The largest absolute Gasteiger partial charge is 0.314 e. The quantitative estimate of drug-likeness (QED) is 0.639. The van der Waals surface area contributed by atoms with Gasteiger partial charge < -0.3 is 5.32 Å². The first-order chi connectivity index (χ1) is 7.61. The van der Waals surface area contributed by atoms with Gasteiger partial charge in [0.1, 0.15) is 0 Å². The summed E-state index contributed by atoms with van der Waals surface area (Å²) in [6, 6.07) is -0.232. The molecule has 0 saturated carbocycles. The fraction of sp³-hybridized carbons (Fsp3) is 0.818. The first kappa shape index (κ1) is 11.5. The summed E-state index contributed by atoms with van der Waals surface area (Å²) in [5.74, 6) is -0.0366. The molecule has 0 bridgehead atoms. The predicted molar refractivity (Wildman–Crippen MR) is 59.8 cm³/mol. The highest BCUT2D eigenvalue weighted by molar-refractivity contribution is 6.05. The van der Waals surface area contributed by atoms with Crippen molar-refractivity contribution in [1.82, 2.24) is 15.1 Å². The summed E-state index contributed by atoms with van der Waals surface area (Å²) in [7, 11) is 0. The van der Waals surface area contributed by atoms with Gasteiger partial charge in [0.15, 0.2) is 0 Å². The molecule has 1 N–H and O–H groups in total. The van der Waals surface area contributed by atoms with E-state index in [-0.39, 0.29) is 23.9 Å². The normalized spacial score (nSPS) is 28.2. The van der Waals surface area contributed by atoms with Gasteiger partial charge in [-0.2, -0.15) is 0 Å². The third-order valence-electron chi connectivity index (χ3n) is 3.27. The van der Waals surface area contributed by atoms with Gasteiger partial charge in [-0.25, -0.2) is 0 Å².